The van der Waals surface area contributed by atoms with Crippen molar-refractivity contribution in [3.8, 4) is 6.07 Å². The molecule has 0 unspecified atom stereocenters. The monoisotopic (exact) mass is 166 g/mol. The first-order valence-corrected chi connectivity index (χ1v) is 4.91. The summed E-state index contributed by atoms with van der Waals surface area (Å²) in [6.07, 6.45) is 5.78. The van der Waals surface area contributed by atoms with E-state index in [1.165, 1.54) is 19.3 Å². The molecule has 0 atom stereocenters. The van der Waals surface area contributed by atoms with Gasteiger partial charge in [0.15, 0.2) is 0 Å². The van der Waals surface area contributed by atoms with Crippen molar-refractivity contribution in [2.45, 2.75) is 39.0 Å². The summed E-state index contributed by atoms with van der Waals surface area (Å²) in [7, 11) is 0. The molecule has 2 nitrogen and oxygen atoms in total. The van der Waals surface area contributed by atoms with E-state index in [0.717, 1.165) is 19.5 Å². The molecule has 1 saturated carbocycles. The van der Waals surface area contributed by atoms with Gasteiger partial charge in [-0.2, -0.15) is 5.26 Å². The fourth-order valence-electron chi connectivity index (χ4n) is 1.48. The van der Waals surface area contributed by atoms with E-state index in [9.17, 15) is 0 Å². The van der Waals surface area contributed by atoms with Gasteiger partial charge in [0.25, 0.3) is 0 Å². The maximum atomic E-state index is 8.31. The highest BCUT2D eigenvalue weighted by Crippen LogP contribution is 2.47. The Hall–Kier alpha value is -0.550. The van der Waals surface area contributed by atoms with Crippen molar-refractivity contribution < 1.29 is 0 Å². The Balaban J connectivity index is 1.93. The molecule has 0 amide bonds. The topological polar surface area (TPSA) is 35.8 Å². The first kappa shape index (κ1) is 9.54. The van der Waals surface area contributed by atoms with Crippen molar-refractivity contribution in [2.75, 3.05) is 13.1 Å². The molecule has 0 aromatic rings. The number of nitrogens with zero attached hydrogens (tertiary/aromatic N) is 1. The summed E-state index contributed by atoms with van der Waals surface area (Å²) in [5.41, 5.74) is 0.645. The van der Waals surface area contributed by atoms with Crippen LogP contribution in [-0.4, -0.2) is 13.1 Å². The van der Waals surface area contributed by atoms with Crippen molar-refractivity contribution in [3.05, 3.63) is 0 Å². The van der Waals surface area contributed by atoms with E-state index in [4.69, 9.17) is 5.26 Å². The van der Waals surface area contributed by atoms with Gasteiger partial charge in [0, 0.05) is 13.0 Å². The van der Waals surface area contributed by atoms with Gasteiger partial charge in [0.2, 0.25) is 0 Å². The van der Waals surface area contributed by atoms with Crippen molar-refractivity contribution in [1.29, 1.82) is 5.26 Å². The van der Waals surface area contributed by atoms with Gasteiger partial charge in [-0.05, 0) is 37.6 Å². The SMILES string of the molecule is CCC1(CNCCCC#N)CC1. The normalized spacial score (nSPS) is 18.7. The van der Waals surface area contributed by atoms with Crippen LogP contribution in [0.5, 0.6) is 0 Å². The molecule has 1 fully saturated rings. The van der Waals surface area contributed by atoms with Gasteiger partial charge in [-0.15, -0.1) is 0 Å². The Morgan fingerprint density at radius 1 is 1.50 bits per heavy atom. The standard InChI is InChI=1S/C10H18N2/c1-2-10(5-6-10)9-12-8-4-3-7-11/h12H,2-6,8-9H2,1H3. The average Bonchev–Trinajstić information content (AvgIpc) is 2.85. The maximum Gasteiger partial charge on any atom is 0.0622 e. The molecule has 1 aliphatic carbocycles. The van der Waals surface area contributed by atoms with Crippen molar-refractivity contribution in [1.82, 2.24) is 5.32 Å². The van der Waals surface area contributed by atoms with Gasteiger partial charge in [0.05, 0.1) is 6.07 Å². The molecular weight excluding hydrogens is 148 g/mol. The van der Waals surface area contributed by atoms with E-state index in [-0.39, 0.29) is 0 Å². The maximum absolute atomic E-state index is 8.31. The van der Waals surface area contributed by atoms with Gasteiger partial charge in [-0.1, -0.05) is 6.92 Å². The molecular formula is C10H18N2. The van der Waals surface area contributed by atoms with Crippen LogP contribution in [-0.2, 0) is 0 Å². The molecule has 0 aliphatic heterocycles. The lowest BCUT2D eigenvalue weighted by atomic mass is 10.0. The van der Waals surface area contributed by atoms with E-state index in [1.807, 2.05) is 0 Å². The van der Waals surface area contributed by atoms with Crippen LogP contribution >= 0.6 is 0 Å². The first-order chi connectivity index (χ1) is 5.83. The number of hydrogen-bond donors (Lipinski definition) is 1. The third-order valence-electron chi connectivity index (χ3n) is 2.85. The van der Waals surface area contributed by atoms with Crippen LogP contribution in [0.4, 0.5) is 0 Å². The van der Waals surface area contributed by atoms with Crippen LogP contribution in [0.15, 0.2) is 0 Å². The Morgan fingerprint density at radius 3 is 2.75 bits per heavy atom. The predicted octanol–water partition coefficient (Wildman–Crippen LogP) is 2.07. The fourth-order valence-corrected chi connectivity index (χ4v) is 1.48. The molecule has 0 aromatic carbocycles. The summed E-state index contributed by atoms with van der Waals surface area (Å²) in [4.78, 5) is 0. The number of hydrogen-bond acceptors (Lipinski definition) is 2. The van der Waals surface area contributed by atoms with Gasteiger partial charge in [-0.25, -0.2) is 0 Å². The lowest BCUT2D eigenvalue weighted by molar-refractivity contribution is 0.442. The lowest BCUT2D eigenvalue weighted by Gasteiger charge is -2.12. The fraction of sp³-hybridized carbons (Fsp3) is 0.900. The lowest BCUT2D eigenvalue weighted by Crippen LogP contribution is -2.24. The van der Waals surface area contributed by atoms with Crippen molar-refractivity contribution >= 4 is 0 Å². The quantitative estimate of drug-likeness (QED) is 0.613. The summed E-state index contributed by atoms with van der Waals surface area (Å²) >= 11 is 0. The molecule has 0 saturated heterocycles. The highest BCUT2D eigenvalue weighted by atomic mass is 14.9. The molecule has 12 heavy (non-hydrogen) atoms. The van der Waals surface area contributed by atoms with E-state index in [2.05, 4.69) is 18.3 Å². The summed E-state index contributed by atoms with van der Waals surface area (Å²) in [5.74, 6) is 0. The second kappa shape index (κ2) is 4.47. The van der Waals surface area contributed by atoms with E-state index < -0.39 is 0 Å². The minimum Gasteiger partial charge on any atom is -0.316 e. The van der Waals surface area contributed by atoms with Gasteiger partial charge < -0.3 is 5.32 Å². The third kappa shape index (κ3) is 2.83. The average molecular weight is 166 g/mol. The second-order valence-corrected chi connectivity index (χ2v) is 3.79. The zero-order valence-corrected chi connectivity index (χ0v) is 7.90. The van der Waals surface area contributed by atoms with Crippen LogP contribution in [0.3, 0.4) is 0 Å². The summed E-state index contributed by atoms with van der Waals surface area (Å²) in [5, 5.41) is 11.7. The molecule has 68 valence electrons. The Bertz CT molecular complexity index is 165. The Labute approximate surface area is 75.0 Å². The van der Waals surface area contributed by atoms with Gasteiger partial charge >= 0.3 is 0 Å². The minimum atomic E-state index is 0.645. The van der Waals surface area contributed by atoms with E-state index in [0.29, 0.717) is 11.8 Å². The molecule has 0 bridgehead atoms. The van der Waals surface area contributed by atoms with E-state index >= 15 is 0 Å². The molecule has 0 heterocycles. The van der Waals surface area contributed by atoms with Gasteiger partial charge in [-0.3, -0.25) is 0 Å². The van der Waals surface area contributed by atoms with Crippen molar-refractivity contribution in [2.24, 2.45) is 5.41 Å². The first-order valence-electron chi connectivity index (χ1n) is 4.91. The Morgan fingerprint density at radius 2 is 2.25 bits per heavy atom. The number of unbranched alkanes of at least 4 members (excludes halogenated alkanes) is 1. The molecule has 1 aliphatic rings. The molecule has 0 radical (unpaired) electrons. The second-order valence-electron chi connectivity index (χ2n) is 3.79. The Kier molecular flexibility index (Phi) is 3.55. The summed E-state index contributed by atoms with van der Waals surface area (Å²) in [6, 6.07) is 2.15. The van der Waals surface area contributed by atoms with Crippen LogP contribution in [0, 0.1) is 16.7 Å². The van der Waals surface area contributed by atoms with Crippen LogP contribution < -0.4 is 5.32 Å². The summed E-state index contributed by atoms with van der Waals surface area (Å²) < 4.78 is 0. The molecule has 0 spiro atoms. The third-order valence-corrected chi connectivity index (χ3v) is 2.85. The number of nitriles is 1. The summed E-state index contributed by atoms with van der Waals surface area (Å²) in [6.45, 7) is 4.44. The molecule has 2 heteroatoms. The van der Waals surface area contributed by atoms with Crippen LogP contribution in [0.2, 0.25) is 0 Å². The van der Waals surface area contributed by atoms with Crippen LogP contribution in [0.25, 0.3) is 0 Å². The highest BCUT2D eigenvalue weighted by molar-refractivity contribution is 4.93. The number of rotatable bonds is 6. The number of nitrogens with one attached hydrogen (secondary N) is 1. The van der Waals surface area contributed by atoms with Gasteiger partial charge in [0.1, 0.15) is 0 Å². The van der Waals surface area contributed by atoms with Crippen molar-refractivity contribution in [3.63, 3.8) is 0 Å². The van der Waals surface area contributed by atoms with E-state index in [1.54, 1.807) is 0 Å². The molecule has 0 aromatic heterocycles. The smallest absolute Gasteiger partial charge is 0.0622 e. The van der Waals surface area contributed by atoms with Crippen LogP contribution in [0.1, 0.15) is 39.0 Å². The zero-order chi connectivity index (χ0) is 8.86. The largest absolute Gasteiger partial charge is 0.316 e. The molecule has 1 N–H and O–H groups in total. The zero-order valence-electron chi connectivity index (χ0n) is 7.90. The molecule has 1 rings (SSSR count). The minimum absolute atomic E-state index is 0.645. The highest BCUT2D eigenvalue weighted by Gasteiger charge is 2.39. The predicted molar refractivity (Wildman–Crippen MR) is 49.7 cm³/mol.